The molecule has 0 atom stereocenters. The number of carbonyl (C=O) groups excluding carboxylic acids is 1. The summed E-state index contributed by atoms with van der Waals surface area (Å²) in [5, 5.41) is 4.22. The zero-order valence-electron chi connectivity index (χ0n) is 13.0. The number of furan rings is 1. The molecule has 0 saturated carbocycles. The van der Waals surface area contributed by atoms with E-state index in [0.29, 0.717) is 35.3 Å². The average Bonchev–Trinajstić information content (AvgIpc) is 3.04. The standard InChI is InChI=1S/C18H16ClNO4/c1-22-15-4-2-3-12-11-16(24-17(12)15)18(21)20-9-10-23-14-7-5-13(19)6-8-14/h2-8,11H,9-10H2,1H3,(H,20,21). The summed E-state index contributed by atoms with van der Waals surface area (Å²) in [4.78, 5) is 12.2. The van der Waals surface area contributed by atoms with Gasteiger partial charge in [-0.15, -0.1) is 0 Å². The molecule has 0 radical (unpaired) electrons. The summed E-state index contributed by atoms with van der Waals surface area (Å²) in [6.45, 7) is 0.701. The van der Waals surface area contributed by atoms with Gasteiger partial charge in [-0.05, 0) is 36.4 Å². The first kappa shape index (κ1) is 16.2. The number of rotatable bonds is 6. The van der Waals surface area contributed by atoms with Crippen LogP contribution < -0.4 is 14.8 Å². The first-order valence-electron chi connectivity index (χ1n) is 7.40. The molecule has 0 spiro atoms. The third-order valence-corrected chi connectivity index (χ3v) is 3.67. The van der Waals surface area contributed by atoms with Gasteiger partial charge in [-0.25, -0.2) is 0 Å². The summed E-state index contributed by atoms with van der Waals surface area (Å²) >= 11 is 5.81. The van der Waals surface area contributed by atoms with Crippen molar-refractivity contribution in [3.05, 3.63) is 59.3 Å². The van der Waals surface area contributed by atoms with E-state index in [9.17, 15) is 4.79 Å². The van der Waals surface area contributed by atoms with Crippen molar-refractivity contribution >= 4 is 28.5 Å². The maximum absolute atomic E-state index is 12.2. The molecule has 0 aliphatic rings. The van der Waals surface area contributed by atoms with Gasteiger partial charge in [0.25, 0.3) is 5.91 Å². The molecule has 0 aliphatic heterocycles. The predicted molar refractivity (Wildman–Crippen MR) is 92.0 cm³/mol. The number of para-hydroxylation sites is 1. The quantitative estimate of drug-likeness (QED) is 0.688. The molecule has 124 valence electrons. The number of halogens is 1. The molecule has 0 fully saturated rings. The van der Waals surface area contributed by atoms with E-state index < -0.39 is 0 Å². The molecular weight excluding hydrogens is 330 g/mol. The second-order valence-electron chi connectivity index (χ2n) is 5.05. The smallest absolute Gasteiger partial charge is 0.287 e. The number of benzene rings is 2. The fourth-order valence-electron chi connectivity index (χ4n) is 2.26. The van der Waals surface area contributed by atoms with Crippen molar-refractivity contribution in [2.45, 2.75) is 0 Å². The van der Waals surface area contributed by atoms with Crippen LogP contribution in [-0.2, 0) is 0 Å². The van der Waals surface area contributed by atoms with Crippen molar-refractivity contribution in [1.29, 1.82) is 0 Å². The molecule has 1 heterocycles. The summed E-state index contributed by atoms with van der Waals surface area (Å²) in [6.07, 6.45) is 0. The van der Waals surface area contributed by atoms with Crippen LogP contribution in [0.3, 0.4) is 0 Å². The molecule has 0 unspecified atom stereocenters. The topological polar surface area (TPSA) is 60.7 Å². The highest BCUT2D eigenvalue weighted by Gasteiger charge is 2.14. The highest BCUT2D eigenvalue weighted by atomic mass is 35.5. The number of hydrogen-bond acceptors (Lipinski definition) is 4. The Morgan fingerprint density at radius 1 is 1.21 bits per heavy atom. The number of carbonyl (C=O) groups is 1. The third-order valence-electron chi connectivity index (χ3n) is 3.42. The lowest BCUT2D eigenvalue weighted by Crippen LogP contribution is -2.27. The van der Waals surface area contributed by atoms with Gasteiger partial charge in [0.2, 0.25) is 0 Å². The van der Waals surface area contributed by atoms with Crippen LogP contribution in [0.2, 0.25) is 5.02 Å². The molecule has 5 nitrogen and oxygen atoms in total. The SMILES string of the molecule is COc1cccc2cc(C(=O)NCCOc3ccc(Cl)cc3)oc12. The largest absolute Gasteiger partial charge is 0.493 e. The molecule has 1 aromatic heterocycles. The van der Waals surface area contributed by atoms with Crippen LogP contribution in [0.15, 0.2) is 52.9 Å². The number of hydrogen-bond donors (Lipinski definition) is 1. The molecule has 6 heteroatoms. The van der Waals surface area contributed by atoms with Crippen molar-refractivity contribution in [2.75, 3.05) is 20.3 Å². The van der Waals surface area contributed by atoms with E-state index in [1.165, 1.54) is 0 Å². The van der Waals surface area contributed by atoms with Gasteiger partial charge < -0.3 is 19.2 Å². The Labute approximate surface area is 144 Å². The van der Waals surface area contributed by atoms with Gasteiger partial charge >= 0.3 is 0 Å². The minimum Gasteiger partial charge on any atom is -0.493 e. The van der Waals surface area contributed by atoms with E-state index in [0.717, 1.165) is 5.39 Å². The number of ether oxygens (including phenoxy) is 2. The van der Waals surface area contributed by atoms with Crippen molar-refractivity contribution in [2.24, 2.45) is 0 Å². The van der Waals surface area contributed by atoms with E-state index in [2.05, 4.69) is 5.32 Å². The Hall–Kier alpha value is -2.66. The number of fused-ring (bicyclic) bond motifs is 1. The lowest BCUT2D eigenvalue weighted by Gasteiger charge is -2.06. The van der Waals surface area contributed by atoms with Crippen molar-refractivity contribution in [3.63, 3.8) is 0 Å². The molecule has 2 aromatic carbocycles. The van der Waals surface area contributed by atoms with Crippen LogP contribution in [0.25, 0.3) is 11.0 Å². The number of amides is 1. The minimum absolute atomic E-state index is 0.237. The molecule has 3 rings (SSSR count). The van der Waals surface area contributed by atoms with Gasteiger partial charge in [-0.2, -0.15) is 0 Å². The summed E-state index contributed by atoms with van der Waals surface area (Å²) in [7, 11) is 1.56. The summed E-state index contributed by atoms with van der Waals surface area (Å²) < 4.78 is 16.3. The second kappa shape index (κ2) is 7.27. The molecule has 24 heavy (non-hydrogen) atoms. The van der Waals surface area contributed by atoms with E-state index in [1.807, 2.05) is 12.1 Å². The van der Waals surface area contributed by atoms with Gasteiger partial charge in [0, 0.05) is 10.4 Å². The third kappa shape index (κ3) is 3.63. The molecule has 1 N–H and O–H groups in total. The lowest BCUT2D eigenvalue weighted by molar-refractivity contribution is 0.0921. The van der Waals surface area contributed by atoms with Crippen LogP contribution in [-0.4, -0.2) is 26.2 Å². The maximum Gasteiger partial charge on any atom is 0.287 e. The molecule has 1 amide bonds. The van der Waals surface area contributed by atoms with Gasteiger partial charge in [-0.1, -0.05) is 23.7 Å². The fourth-order valence-corrected chi connectivity index (χ4v) is 2.39. The molecule has 0 aliphatic carbocycles. The maximum atomic E-state index is 12.2. The Morgan fingerprint density at radius 3 is 2.75 bits per heavy atom. The molecular formula is C18H16ClNO4. The van der Waals surface area contributed by atoms with Crippen LogP contribution in [0.1, 0.15) is 10.6 Å². The monoisotopic (exact) mass is 345 g/mol. The van der Waals surface area contributed by atoms with Crippen molar-refractivity contribution in [1.82, 2.24) is 5.32 Å². The Bertz CT molecular complexity index is 842. The van der Waals surface area contributed by atoms with Gasteiger partial charge in [0.05, 0.1) is 13.7 Å². The number of nitrogens with one attached hydrogen (secondary N) is 1. The van der Waals surface area contributed by atoms with Crippen LogP contribution in [0.4, 0.5) is 0 Å². The Morgan fingerprint density at radius 2 is 2.00 bits per heavy atom. The van der Waals surface area contributed by atoms with E-state index in [1.54, 1.807) is 43.5 Å². The van der Waals surface area contributed by atoms with E-state index >= 15 is 0 Å². The van der Waals surface area contributed by atoms with Crippen LogP contribution >= 0.6 is 11.6 Å². The highest BCUT2D eigenvalue weighted by Crippen LogP contribution is 2.28. The highest BCUT2D eigenvalue weighted by molar-refractivity contribution is 6.30. The number of methoxy groups -OCH3 is 1. The molecule has 0 bridgehead atoms. The van der Waals surface area contributed by atoms with Crippen molar-refractivity contribution < 1.29 is 18.7 Å². The predicted octanol–water partition coefficient (Wildman–Crippen LogP) is 3.90. The summed E-state index contributed by atoms with van der Waals surface area (Å²) in [5.74, 6) is 1.23. The first-order valence-corrected chi connectivity index (χ1v) is 7.78. The molecule has 3 aromatic rings. The lowest BCUT2D eigenvalue weighted by atomic mass is 10.2. The van der Waals surface area contributed by atoms with Crippen LogP contribution in [0.5, 0.6) is 11.5 Å². The van der Waals surface area contributed by atoms with E-state index in [4.69, 9.17) is 25.5 Å². The van der Waals surface area contributed by atoms with E-state index in [-0.39, 0.29) is 11.7 Å². The summed E-state index contributed by atoms with van der Waals surface area (Å²) in [5.41, 5.74) is 0.558. The Kier molecular flexibility index (Phi) is 4.91. The minimum atomic E-state index is -0.298. The average molecular weight is 346 g/mol. The van der Waals surface area contributed by atoms with Crippen LogP contribution in [0, 0.1) is 0 Å². The van der Waals surface area contributed by atoms with Gasteiger partial charge in [-0.3, -0.25) is 4.79 Å². The zero-order valence-corrected chi connectivity index (χ0v) is 13.8. The van der Waals surface area contributed by atoms with Crippen molar-refractivity contribution in [3.8, 4) is 11.5 Å². The van der Waals surface area contributed by atoms with Gasteiger partial charge in [0.15, 0.2) is 17.1 Å². The fraction of sp³-hybridized carbons (Fsp3) is 0.167. The zero-order chi connectivity index (χ0) is 16.9. The molecule has 0 saturated heterocycles. The normalized spacial score (nSPS) is 10.6. The van der Waals surface area contributed by atoms with Gasteiger partial charge in [0.1, 0.15) is 12.4 Å². The Balaban J connectivity index is 1.56. The second-order valence-corrected chi connectivity index (χ2v) is 5.48. The first-order chi connectivity index (χ1) is 11.7. The summed E-state index contributed by atoms with van der Waals surface area (Å²) in [6, 6.07) is 14.2.